The van der Waals surface area contributed by atoms with Gasteiger partial charge < -0.3 is 10.5 Å². The molecule has 2 unspecified atom stereocenters. The lowest BCUT2D eigenvalue weighted by atomic mass is 9.96. The van der Waals surface area contributed by atoms with Crippen LogP contribution in [0.15, 0.2) is 42.5 Å². The predicted octanol–water partition coefficient (Wildman–Crippen LogP) is 4.19. The molecule has 1 aliphatic rings. The maximum atomic E-state index is 6.35. The minimum atomic E-state index is 0.116. The summed E-state index contributed by atoms with van der Waals surface area (Å²) in [7, 11) is 0. The van der Waals surface area contributed by atoms with Gasteiger partial charge in [-0.2, -0.15) is 0 Å². The van der Waals surface area contributed by atoms with E-state index in [9.17, 15) is 0 Å². The normalized spacial score (nSPS) is 20.9. The SMILES string of the molecule is NC(CCC1CCCCO1)c1ccc2ccccc2c1. The molecule has 20 heavy (non-hydrogen) atoms. The third-order valence-corrected chi connectivity index (χ3v) is 4.28. The molecule has 2 aromatic carbocycles. The van der Waals surface area contributed by atoms with E-state index in [0.29, 0.717) is 6.10 Å². The van der Waals surface area contributed by atoms with Gasteiger partial charge in [0.15, 0.2) is 0 Å². The van der Waals surface area contributed by atoms with Crippen molar-refractivity contribution in [2.45, 2.75) is 44.2 Å². The Hall–Kier alpha value is -1.38. The van der Waals surface area contributed by atoms with Gasteiger partial charge in [-0.05, 0) is 54.5 Å². The highest BCUT2D eigenvalue weighted by atomic mass is 16.5. The number of benzene rings is 2. The van der Waals surface area contributed by atoms with Gasteiger partial charge in [0.2, 0.25) is 0 Å². The Kier molecular flexibility index (Phi) is 4.34. The molecule has 0 bridgehead atoms. The van der Waals surface area contributed by atoms with Gasteiger partial charge in [-0.1, -0.05) is 36.4 Å². The highest BCUT2D eigenvalue weighted by molar-refractivity contribution is 5.83. The molecule has 0 aromatic heterocycles. The summed E-state index contributed by atoms with van der Waals surface area (Å²) in [5.74, 6) is 0. The van der Waals surface area contributed by atoms with Crippen LogP contribution in [0, 0.1) is 0 Å². The fraction of sp³-hybridized carbons (Fsp3) is 0.444. The van der Waals surface area contributed by atoms with Crippen LogP contribution < -0.4 is 5.73 Å². The number of hydrogen-bond donors (Lipinski definition) is 1. The van der Waals surface area contributed by atoms with E-state index in [1.807, 2.05) is 0 Å². The maximum absolute atomic E-state index is 6.35. The Bertz CT molecular complexity index is 560. The number of ether oxygens (including phenoxy) is 1. The van der Waals surface area contributed by atoms with Gasteiger partial charge in [-0.15, -0.1) is 0 Å². The van der Waals surface area contributed by atoms with E-state index in [2.05, 4.69) is 42.5 Å². The summed E-state index contributed by atoms with van der Waals surface area (Å²) in [6.07, 6.45) is 6.22. The first-order valence-corrected chi connectivity index (χ1v) is 7.69. The average Bonchev–Trinajstić information content (AvgIpc) is 2.53. The Labute approximate surface area is 120 Å². The lowest BCUT2D eigenvalue weighted by molar-refractivity contribution is 0.00912. The van der Waals surface area contributed by atoms with E-state index in [1.165, 1.54) is 35.6 Å². The van der Waals surface area contributed by atoms with Crippen LogP contribution >= 0.6 is 0 Å². The molecular weight excluding hydrogens is 246 g/mol. The highest BCUT2D eigenvalue weighted by Gasteiger charge is 2.16. The highest BCUT2D eigenvalue weighted by Crippen LogP contribution is 2.24. The van der Waals surface area contributed by atoms with Gasteiger partial charge in [0, 0.05) is 12.6 Å². The molecule has 2 aromatic rings. The summed E-state index contributed by atoms with van der Waals surface area (Å²) < 4.78 is 5.78. The van der Waals surface area contributed by atoms with Crippen LogP contribution in [-0.2, 0) is 4.74 Å². The number of hydrogen-bond acceptors (Lipinski definition) is 2. The van der Waals surface area contributed by atoms with Crippen molar-refractivity contribution in [2.24, 2.45) is 5.73 Å². The smallest absolute Gasteiger partial charge is 0.0575 e. The van der Waals surface area contributed by atoms with Crippen molar-refractivity contribution in [3.8, 4) is 0 Å². The molecule has 2 N–H and O–H groups in total. The summed E-state index contributed by atoms with van der Waals surface area (Å²) in [5, 5.41) is 2.55. The second-order valence-corrected chi connectivity index (χ2v) is 5.78. The zero-order chi connectivity index (χ0) is 13.8. The molecule has 0 spiro atoms. The zero-order valence-corrected chi connectivity index (χ0v) is 11.9. The molecule has 2 heteroatoms. The van der Waals surface area contributed by atoms with Crippen LogP contribution in [0.3, 0.4) is 0 Å². The number of nitrogens with two attached hydrogens (primary N) is 1. The van der Waals surface area contributed by atoms with Gasteiger partial charge in [0.05, 0.1) is 6.10 Å². The van der Waals surface area contributed by atoms with Gasteiger partial charge in [-0.25, -0.2) is 0 Å². The van der Waals surface area contributed by atoms with Gasteiger partial charge in [0.1, 0.15) is 0 Å². The second-order valence-electron chi connectivity index (χ2n) is 5.78. The third-order valence-electron chi connectivity index (χ3n) is 4.28. The quantitative estimate of drug-likeness (QED) is 0.903. The Morgan fingerprint density at radius 3 is 2.75 bits per heavy atom. The fourth-order valence-electron chi connectivity index (χ4n) is 3.01. The van der Waals surface area contributed by atoms with Crippen molar-refractivity contribution in [1.29, 1.82) is 0 Å². The van der Waals surface area contributed by atoms with Crippen molar-refractivity contribution in [3.05, 3.63) is 48.0 Å². The number of rotatable bonds is 4. The Balaban J connectivity index is 1.64. The molecule has 0 radical (unpaired) electrons. The molecule has 1 fully saturated rings. The molecule has 3 rings (SSSR count). The van der Waals surface area contributed by atoms with Crippen LogP contribution in [-0.4, -0.2) is 12.7 Å². The number of fused-ring (bicyclic) bond motifs is 1. The molecule has 1 saturated heterocycles. The molecular formula is C18H23NO. The van der Waals surface area contributed by atoms with Gasteiger partial charge >= 0.3 is 0 Å². The zero-order valence-electron chi connectivity index (χ0n) is 11.9. The molecule has 0 aliphatic carbocycles. The first-order valence-electron chi connectivity index (χ1n) is 7.69. The summed E-state index contributed by atoms with van der Waals surface area (Å²) in [4.78, 5) is 0. The van der Waals surface area contributed by atoms with Crippen molar-refractivity contribution < 1.29 is 4.74 Å². The van der Waals surface area contributed by atoms with Crippen LogP contribution in [0.5, 0.6) is 0 Å². The van der Waals surface area contributed by atoms with Crippen LogP contribution in [0.25, 0.3) is 10.8 Å². The van der Waals surface area contributed by atoms with Gasteiger partial charge in [0.25, 0.3) is 0 Å². The van der Waals surface area contributed by atoms with E-state index in [0.717, 1.165) is 19.4 Å². The van der Waals surface area contributed by atoms with Crippen LogP contribution in [0.1, 0.15) is 43.7 Å². The fourth-order valence-corrected chi connectivity index (χ4v) is 3.01. The van der Waals surface area contributed by atoms with Crippen LogP contribution in [0.4, 0.5) is 0 Å². The minimum Gasteiger partial charge on any atom is -0.378 e. The Morgan fingerprint density at radius 2 is 1.95 bits per heavy atom. The largest absolute Gasteiger partial charge is 0.378 e. The van der Waals surface area contributed by atoms with Crippen LogP contribution in [0.2, 0.25) is 0 Å². The van der Waals surface area contributed by atoms with E-state index < -0.39 is 0 Å². The van der Waals surface area contributed by atoms with Gasteiger partial charge in [-0.3, -0.25) is 0 Å². The summed E-state index contributed by atoms with van der Waals surface area (Å²) in [6, 6.07) is 15.1. The monoisotopic (exact) mass is 269 g/mol. The third kappa shape index (κ3) is 3.20. The van der Waals surface area contributed by atoms with Crippen molar-refractivity contribution in [3.63, 3.8) is 0 Å². The molecule has 1 aliphatic heterocycles. The van der Waals surface area contributed by atoms with E-state index in [1.54, 1.807) is 0 Å². The molecule has 106 valence electrons. The standard InChI is InChI=1S/C18H23NO/c19-18(11-10-17-7-3-4-12-20-17)16-9-8-14-5-1-2-6-15(14)13-16/h1-2,5-6,8-9,13,17-18H,3-4,7,10-12,19H2. The molecule has 0 amide bonds. The first-order chi connectivity index (χ1) is 9.83. The Morgan fingerprint density at radius 1 is 1.10 bits per heavy atom. The maximum Gasteiger partial charge on any atom is 0.0575 e. The lowest BCUT2D eigenvalue weighted by Crippen LogP contribution is -2.21. The van der Waals surface area contributed by atoms with Crippen molar-refractivity contribution >= 4 is 10.8 Å². The lowest BCUT2D eigenvalue weighted by Gasteiger charge is -2.24. The average molecular weight is 269 g/mol. The first kappa shape index (κ1) is 13.6. The predicted molar refractivity (Wildman–Crippen MR) is 83.7 cm³/mol. The van der Waals surface area contributed by atoms with Crippen molar-refractivity contribution in [1.82, 2.24) is 0 Å². The van der Waals surface area contributed by atoms with Crippen molar-refractivity contribution in [2.75, 3.05) is 6.61 Å². The minimum absolute atomic E-state index is 0.116. The molecule has 0 saturated carbocycles. The molecule has 1 heterocycles. The van der Waals surface area contributed by atoms with E-state index >= 15 is 0 Å². The summed E-state index contributed by atoms with van der Waals surface area (Å²) in [6.45, 7) is 0.926. The topological polar surface area (TPSA) is 35.2 Å². The van der Waals surface area contributed by atoms with E-state index in [-0.39, 0.29) is 6.04 Å². The molecule has 2 atom stereocenters. The second kappa shape index (κ2) is 6.38. The summed E-state index contributed by atoms with van der Waals surface area (Å²) >= 11 is 0. The van der Waals surface area contributed by atoms with E-state index in [4.69, 9.17) is 10.5 Å². The summed E-state index contributed by atoms with van der Waals surface area (Å²) in [5.41, 5.74) is 7.58. The molecule has 2 nitrogen and oxygen atoms in total.